The molecule has 0 saturated carbocycles. The van der Waals surface area contributed by atoms with Crippen LogP contribution in [0.15, 0.2) is 84.9 Å². The van der Waals surface area contributed by atoms with Crippen LogP contribution in [0.2, 0.25) is 0 Å². The maximum atomic E-state index is 13.4. The Bertz CT molecular complexity index is 1280. The lowest BCUT2D eigenvalue weighted by Crippen LogP contribution is -2.61. The summed E-state index contributed by atoms with van der Waals surface area (Å²) in [6.07, 6.45) is -0.418. The Morgan fingerprint density at radius 3 is 2.05 bits per heavy atom. The predicted octanol–water partition coefficient (Wildman–Crippen LogP) is 5.40. The Labute approximate surface area is 241 Å². The topological polar surface area (TPSA) is 129 Å². The molecule has 0 radical (unpaired) electrons. The highest BCUT2D eigenvalue weighted by atomic mass is 16.6. The maximum absolute atomic E-state index is 13.4. The Kier molecular flexibility index (Phi) is 10.9. The molecule has 0 aliphatic carbocycles. The number of alkyl carbamates (subject to hydrolysis) is 1. The van der Waals surface area contributed by atoms with Crippen molar-refractivity contribution in [2.24, 2.45) is 5.73 Å². The quantitative estimate of drug-likeness (QED) is 0.153. The zero-order valence-electron chi connectivity index (χ0n) is 24.0. The fourth-order valence-corrected chi connectivity index (χ4v) is 3.87. The van der Waals surface area contributed by atoms with Crippen molar-refractivity contribution in [1.82, 2.24) is 10.6 Å². The predicted molar refractivity (Wildman–Crippen MR) is 156 cm³/mol. The maximum Gasteiger partial charge on any atom is 0.407 e. The van der Waals surface area contributed by atoms with Crippen molar-refractivity contribution in [2.45, 2.75) is 64.3 Å². The van der Waals surface area contributed by atoms with Gasteiger partial charge in [-0.15, -0.1) is 0 Å². The van der Waals surface area contributed by atoms with E-state index in [-0.39, 0.29) is 26.0 Å². The number of hydrogen-bond acceptors (Lipinski definition) is 7. The summed E-state index contributed by atoms with van der Waals surface area (Å²) in [5, 5.41) is 5.47. The Morgan fingerprint density at radius 1 is 0.854 bits per heavy atom. The van der Waals surface area contributed by atoms with E-state index in [0.29, 0.717) is 11.5 Å². The van der Waals surface area contributed by atoms with Crippen LogP contribution < -0.4 is 21.1 Å². The smallest absolute Gasteiger partial charge is 0.407 e. The van der Waals surface area contributed by atoms with Crippen molar-refractivity contribution in [2.75, 3.05) is 6.54 Å². The summed E-state index contributed by atoms with van der Waals surface area (Å²) >= 11 is 0. The number of hydrogen-bond donors (Lipinski definition) is 3. The summed E-state index contributed by atoms with van der Waals surface area (Å²) in [6, 6.07) is 25.5. The summed E-state index contributed by atoms with van der Waals surface area (Å²) in [5.41, 5.74) is 5.28. The first kappa shape index (κ1) is 31.2. The summed E-state index contributed by atoms with van der Waals surface area (Å²) in [6.45, 7) is 7.19. The lowest BCUT2D eigenvalue weighted by molar-refractivity contribution is -0.165. The molecule has 0 fully saturated rings. The molecule has 0 aromatic heterocycles. The minimum atomic E-state index is -1.96. The third kappa shape index (κ3) is 9.95. The highest BCUT2D eigenvalue weighted by molar-refractivity contribution is 6.07. The van der Waals surface area contributed by atoms with Crippen LogP contribution in [-0.2, 0) is 25.7 Å². The molecule has 3 aromatic carbocycles. The van der Waals surface area contributed by atoms with E-state index in [1.165, 1.54) is 0 Å². The number of nitrogens with two attached hydrogens (primary N) is 1. The van der Waals surface area contributed by atoms with Crippen molar-refractivity contribution >= 4 is 18.0 Å². The molecule has 2 atom stereocenters. The third-order valence-electron chi connectivity index (χ3n) is 6.10. The van der Waals surface area contributed by atoms with Crippen LogP contribution in [0.3, 0.4) is 0 Å². The SMILES string of the molecule is C[C@H](NC(=O)[C@](N)(CCCNC(=O)OCc1ccccc1)C(=O)OC(C)(C)C)c1ccc(Oc2ccccc2)cc1. The number of para-hydroxylation sites is 1. The van der Waals surface area contributed by atoms with Gasteiger partial charge in [0.1, 0.15) is 23.7 Å². The van der Waals surface area contributed by atoms with E-state index in [9.17, 15) is 14.4 Å². The molecule has 0 spiro atoms. The number of benzene rings is 3. The van der Waals surface area contributed by atoms with Gasteiger partial charge in [-0.3, -0.25) is 4.79 Å². The second kappa shape index (κ2) is 14.3. The van der Waals surface area contributed by atoms with Crippen molar-refractivity contribution in [3.8, 4) is 11.5 Å². The van der Waals surface area contributed by atoms with Gasteiger partial charge in [0.05, 0.1) is 6.04 Å². The van der Waals surface area contributed by atoms with Gasteiger partial charge in [-0.25, -0.2) is 9.59 Å². The van der Waals surface area contributed by atoms with Crippen LogP contribution >= 0.6 is 0 Å². The lowest BCUT2D eigenvalue weighted by atomic mass is 9.92. The number of esters is 1. The highest BCUT2D eigenvalue weighted by Crippen LogP contribution is 2.24. The number of carbonyl (C=O) groups excluding carboxylic acids is 3. The first-order valence-electron chi connectivity index (χ1n) is 13.6. The standard InChI is InChI=1S/C32H39N3O6/c1-23(25-16-18-27(19-17-25)40-26-14-9-6-10-15-26)35-28(36)32(33,29(37)41-31(2,3)4)20-11-21-34-30(38)39-22-24-12-7-5-8-13-24/h5-10,12-19,23H,11,20-22,33H2,1-4H3,(H,34,38)(H,35,36)/t23-,32+/m0/s1. The molecule has 41 heavy (non-hydrogen) atoms. The van der Waals surface area contributed by atoms with Gasteiger partial charge < -0.3 is 30.6 Å². The van der Waals surface area contributed by atoms with Crippen LogP contribution in [0, 0.1) is 0 Å². The van der Waals surface area contributed by atoms with Gasteiger partial charge in [0.25, 0.3) is 5.91 Å². The van der Waals surface area contributed by atoms with E-state index >= 15 is 0 Å². The molecular weight excluding hydrogens is 522 g/mol. The van der Waals surface area contributed by atoms with Crippen molar-refractivity contribution in [3.63, 3.8) is 0 Å². The molecule has 9 heteroatoms. The fraction of sp³-hybridized carbons (Fsp3) is 0.344. The zero-order valence-corrected chi connectivity index (χ0v) is 24.0. The highest BCUT2D eigenvalue weighted by Gasteiger charge is 2.45. The third-order valence-corrected chi connectivity index (χ3v) is 6.10. The van der Waals surface area contributed by atoms with Crippen molar-refractivity contribution in [3.05, 3.63) is 96.1 Å². The summed E-state index contributed by atoms with van der Waals surface area (Å²) < 4.78 is 16.5. The fourth-order valence-electron chi connectivity index (χ4n) is 3.87. The monoisotopic (exact) mass is 561 g/mol. The van der Waals surface area contributed by atoms with Gasteiger partial charge in [-0.05, 0) is 75.9 Å². The van der Waals surface area contributed by atoms with E-state index in [1.807, 2.05) is 72.8 Å². The number of rotatable bonds is 12. The largest absolute Gasteiger partial charge is 0.458 e. The first-order chi connectivity index (χ1) is 19.5. The van der Waals surface area contributed by atoms with Crippen LogP contribution in [0.5, 0.6) is 11.5 Å². The molecule has 3 aromatic rings. The summed E-state index contributed by atoms with van der Waals surface area (Å²) in [5.74, 6) is -0.149. The van der Waals surface area contributed by atoms with Crippen molar-refractivity contribution < 1.29 is 28.6 Å². The first-order valence-corrected chi connectivity index (χ1v) is 13.6. The van der Waals surface area contributed by atoms with Crippen LogP contribution in [0.4, 0.5) is 4.79 Å². The molecule has 218 valence electrons. The normalized spacial score (nSPS) is 13.3. The molecule has 0 heterocycles. The van der Waals surface area contributed by atoms with Crippen LogP contribution in [0.1, 0.15) is 57.7 Å². The second-order valence-electron chi connectivity index (χ2n) is 10.7. The lowest BCUT2D eigenvalue weighted by Gasteiger charge is -2.31. The van der Waals surface area contributed by atoms with E-state index in [1.54, 1.807) is 39.8 Å². The Morgan fingerprint density at radius 2 is 1.44 bits per heavy atom. The van der Waals surface area contributed by atoms with E-state index in [4.69, 9.17) is 19.9 Å². The molecule has 0 bridgehead atoms. The van der Waals surface area contributed by atoms with E-state index in [0.717, 1.165) is 11.1 Å². The number of amides is 2. The average Bonchev–Trinajstić information content (AvgIpc) is 2.94. The van der Waals surface area contributed by atoms with Crippen molar-refractivity contribution in [1.29, 1.82) is 0 Å². The van der Waals surface area contributed by atoms with E-state index < -0.39 is 35.2 Å². The Hall–Kier alpha value is -4.37. The molecule has 9 nitrogen and oxygen atoms in total. The molecular formula is C32H39N3O6. The molecule has 4 N–H and O–H groups in total. The van der Waals surface area contributed by atoms with E-state index in [2.05, 4.69) is 10.6 Å². The molecule has 0 aliphatic rings. The van der Waals surface area contributed by atoms with Crippen LogP contribution in [-0.4, -0.2) is 35.7 Å². The molecule has 2 amide bonds. The number of carbonyl (C=O) groups is 3. The van der Waals surface area contributed by atoms with Gasteiger partial charge in [-0.1, -0.05) is 60.7 Å². The van der Waals surface area contributed by atoms with Gasteiger partial charge in [0, 0.05) is 6.54 Å². The van der Waals surface area contributed by atoms with Gasteiger partial charge in [0.15, 0.2) is 5.54 Å². The molecule has 3 rings (SSSR count). The number of ether oxygens (including phenoxy) is 3. The van der Waals surface area contributed by atoms with Gasteiger partial charge in [0.2, 0.25) is 0 Å². The second-order valence-corrected chi connectivity index (χ2v) is 10.7. The summed E-state index contributed by atoms with van der Waals surface area (Å²) in [7, 11) is 0. The average molecular weight is 562 g/mol. The minimum absolute atomic E-state index is 0.0523. The Balaban J connectivity index is 1.58. The van der Waals surface area contributed by atoms with Crippen LogP contribution in [0.25, 0.3) is 0 Å². The molecule has 0 aliphatic heterocycles. The van der Waals surface area contributed by atoms with Gasteiger partial charge >= 0.3 is 12.1 Å². The number of nitrogens with one attached hydrogen (secondary N) is 2. The molecule has 0 unspecified atom stereocenters. The van der Waals surface area contributed by atoms with Gasteiger partial charge in [-0.2, -0.15) is 0 Å². The summed E-state index contributed by atoms with van der Waals surface area (Å²) in [4.78, 5) is 38.6. The molecule has 0 saturated heterocycles. The minimum Gasteiger partial charge on any atom is -0.458 e. The zero-order chi connectivity index (χ0) is 29.9.